The number of hydrogen-bond donors (Lipinski definition) is 2. The molecule has 2 aliphatic carbocycles. The Bertz CT molecular complexity index is 1170. The second kappa shape index (κ2) is 9.05. The van der Waals surface area contributed by atoms with Crippen LogP contribution < -0.4 is 5.32 Å². The fourth-order valence-corrected chi connectivity index (χ4v) is 3.98. The molecule has 174 valence electrons. The molecule has 0 aliphatic heterocycles. The van der Waals surface area contributed by atoms with Crippen molar-refractivity contribution in [1.29, 1.82) is 0 Å². The number of nitrogens with zero attached hydrogens (tertiary/aromatic N) is 2. The summed E-state index contributed by atoms with van der Waals surface area (Å²) < 4.78 is 33.6. The summed E-state index contributed by atoms with van der Waals surface area (Å²) in [6.07, 6.45) is 1.75. The molecular weight excluding hydrogens is 459 g/mol. The number of pyridine rings is 1. The summed E-state index contributed by atoms with van der Waals surface area (Å²) >= 11 is 6.15. The molecule has 0 unspecified atom stereocenters. The Morgan fingerprint density at radius 1 is 1.09 bits per heavy atom. The van der Waals surface area contributed by atoms with Crippen LogP contribution >= 0.6 is 11.6 Å². The smallest absolute Gasteiger partial charge is 0.475 e. The molecule has 0 radical (unpaired) electrons. The standard InChI is InChI=1S/C21H20ClN3O.C2HF3O2/c22-16-5-3-4-15(12-16)19-17-6-1-2-11-25(17)20(23-19)21(26)24-18(13-7-8-13)14-9-10-14;3-2(4,5)1(6)7/h1-6,11-14,18H,7-10H2,(H,24,26);(H,6,7). The minimum absolute atomic E-state index is 0.0803. The minimum atomic E-state index is -5.08. The van der Waals surface area contributed by atoms with Gasteiger partial charge in [0.05, 0.1) is 11.2 Å². The number of benzene rings is 1. The number of nitrogens with one attached hydrogen (secondary N) is 1. The zero-order chi connectivity index (χ0) is 23.8. The van der Waals surface area contributed by atoms with Crippen molar-refractivity contribution in [2.45, 2.75) is 37.9 Å². The molecule has 2 aromatic heterocycles. The van der Waals surface area contributed by atoms with Crippen LogP contribution in [0.15, 0.2) is 48.7 Å². The van der Waals surface area contributed by atoms with Crippen molar-refractivity contribution >= 4 is 29.0 Å². The number of rotatable bonds is 5. The van der Waals surface area contributed by atoms with E-state index in [9.17, 15) is 18.0 Å². The fourth-order valence-electron chi connectivity index (χ4n) is 3.79. The molecular formula is C23H21ClF3N3O3. The number of aliphatic carboxylic acids is 1. The zero-order valence-electron chi connectivity index (χ0n) is 17.3. The van der Waals surface area contributed by atoms with E-state index in [1.807, 2.05) is 53.1 Å². The fraction of sp³-hybridized carbons (Fsp3) is 0.348. The van der Waals surface area contributed by atoms with Gasteiger partial charge in [0, 0.05) is 22.8 Å². The number of carbonyl (C=O) groups excluding carboxylic acids is 1. The Morgan fingerprint density at radius 2 is 1.73 bits per heavy atom. The first-order valence-corrected chi connectivity index (χ1v) is 10.9. The van der Waals surface area contributed by atoms with Crippen molar-refractivity contribution in [2.24, 2.45) is 11.8 Å². The molecule has 0 bridgehead atoms. The largest absolute Gasteiger partial charge is 0.490 e. The maximum atomic E-state index is 13.0. The summed E-state index contributed by atoms with van der Waals surface area (Å²) in [6.45, 7) is 0. The molecule has 5 rings (SSSR count). The molecule has 2 saturated carbocycles. The second-order valence-electron chi connectivity index (χ2n) is 8.23. The minimum Gasteiger partial charge on any atom is -0.475 e. The lowest BCUT2D eigenvalue weighted by molar-refractivity contribution is -0.192. The Kier molecular flexibility index (Phi) is 6.34. The normalized spacial score (nSPS) is 15.8. The summed E-state index contributed by atoms with van der Waals surface area (Å²) in [5.41, 5.74) is 2.61. The first kappa shape index (κ1) is 23.1. The van der Waals surface area contributed by atoms with Gasteiger partial charge in [0.1, 0.15) is 0 Å². The number of aromatic nitrogens is 2. The molecule has 1 amide bonds. The second-order valence-corrected chi connectivity index (χ2v) is 8.66. The van der Waals surface area contributed by atoms with E-state index < -0.39 is 12.1 Å². The van der Waals surface area contributed by atoms with Gasteiger partial charge in [-0.3, -0.25) is 9.20 Å². The lowest BCUT2D eigenvalue weighted by Gasteiger charge is -2.17. The van der Waals surface area contributed by atoms with E-state index in [0.29, 0.717) is 28.7 Å². The van der Waals surface area contributed by atoms with Gasteiger partial charge < -0.3 is 10.4 Å². The van der Waals surface area contributed by atoms with Gasteiger partial charge in [-0.2, -0.15) is 13.2 Å². The van der Waals surface area contributed by atoms with Gasteiger partial charge in [0.25, 0.3) is 5.91 Å². The highest BCUT2D eigenvalue weighted by molar-refractivity contribution is 6.30. The van der Waals surface area contributed by atoms with E-state index in [-0.39, 0.29) is 5.91 Å². The van der Waals surface area contributed by atoms with Gasteiger partial charge in [0.15, 0.2) is 0 Å². The Hall–Kier alpha value is -3.07. The van der Waals surface area contributed by atoms with E-state index in [1.165, 1.54) is 25.7 Å². The van der Waals surface area contributed by atoms with Gasteiger partial charge in [0.2, 0.25) is 5.82 Å². The molecule has 33 heavy (non-hydrogen) atoms. The predicted molar refractivity (Wildman–Crippen MR) is 116 cm³/mol. The quantitative estimate of drug-likeness (QED) is 0.526. The molecule has 2 heterocycles. The van der Waals surface area contributed by atoms with Crippen LogP contribution in [-0.4, -0.2) is 38.6 Å². The van der Waals surface area contributed by atoms with E-state index in [2.05, 4.69) is 5.32 Å². The average molecular weight is 480 g/mol. The maximum absolute atomic E-state index is 13.0. The summed E-state index contributed by atoms with van der Waals surface area (Å²) in [5.74, 6) is -1.08. The predicted octanol–water partition coefficient (Wildman–Crippen LogP) is 5.21. The topological polar surface area (TPSA) is 83.7 Å². The van der Waals surface area contributed by atoms with E-state index in [4.69, 9.17) is 26.5 Å². The Morgan fingerprint density at radius 3 is 2.27 bits per heavy atom. The lowest BCUT2D eigenvalue weighted by Crippen LogP contribution is -2.38. The third-order valence-electron chi connectivity index (χ3n) is 5.65. The van der Waals surface area contributed by atoms with Crippen LogP contribution in [0.4, 0.5) is 13.2 Å². The average Bonchev–Trinajstić information content (AvgIpc) is 3.69. The van der Waals surface area contributed by atoms with Crippen LogP contribution in [0.25, 0.3) is 16.8 Å². The van der Waals surface area contributed by atoms with Crippen LogP contribution in [0.3, 0.4) is 0 Å². The van der Waals surface area contributed by atoms with Crippen molar-refractivity contribution in [2.75, 3.05) is 0 Å². The molecule has 1 aromatic carbocycles. The summed E-state index contributed by atoms with van der Waals surface area (Å²) in [6, 6.07) is 13.8. The van der Waals surface area contributed by atoms with Crippen molar-refractivity contribution in [1.82, 2.24) is 14.7 Å². The number of carbonyl (C=O) groups is 2. The SMILES string of the molecule is O=C(NC(C1CC1)C1CC1)c1nc(-c2cccc(Cl)c2)c2ccccn12.O=C(O)C(F)(F)F. The zero-order valence-corrected chi connectivity index (χ0v) is 18.1. The molecule has 0 atom stereocenters. The number of halogens is 4. The van der Waals surface area contributed by atoms with Gasteiger partial charge in [-0.15, -0.1) is 0 Å². The highest BCUT2D eigenvalue weighted by Crippen LogP contribution is 2.44. The van der Waals surface area contributed by atoms with Gasteiger partial charge in [-0.25, -0.2) is 9.78 Å². The molecule has 0 saturated heterocycles. The van der Waals surface area contributed by atoms with Gasteiger partial charge >= 0.3 is 12.1 Å². The number of fused-ring (bicyclic) bond motifs is 1. The number of hydrogen-bond acceptors (Lipinski definition) is 3. The molecule has 2 aliphatic rings. The first-order valence-electron chi connectivity index (χ1n) is 10.5. The van der Waals surface area contributed by atoms with Gasteiger partial charge in [-0.1, -0.05) is 29.8 Å². The van der Waals surface area contributed by atoms with E-state index >= 15 is 0 Å². The van der Waals surface area contributed by atoms with Crippen LogP contribution in [0.5, 0.6) is 0 Å². The maximum Gasteiger partial charge on any atom is 0.490 e. The van der Waals surface area contributed by atoms with Crippen LogP contribution in [0.1, 0.15) is 36.3 Å². The van der Waals surface area contributed by atoms with E-state index in [1.54, 1.807) is 0 Å². The van der Waals surface area contributed by atoms with Crippen molar-refractivity contribution in [3.63, 3.8) is 0 Å². The summed E-state index contributed by atoms with van der Waals surface area (Å²) in [7, 11) is 0. The number of amides is 1. The summed E-state index contributed by atoms with van der Waals surface area (Å²) in [4.78, 5) is 26.6. The van der Waals surface area contributed by atoms with Crippen molar-refractivity contribution in [3.8, 4) is 11.3 Å². The molecule has 3 aromatic rings. The monoisotopic (exact) mass is 479 g/mol. The van der Waals surface area contributed by atoms with Crippen LogP contribution in [-0.2, 0) is 4.79 Å². The Balaban J connectivity index is 0.000000325. The number of carboxylic acid groups (broad SMARTS) is 1. The number of carboxylic acids is 1. The first-order chi connectivity index (χ1) is 15.6. The molecule has 6 nitrogen and oxygen atoms in total. The van der Waals surface area contributed by atoms with Crippen molar-refractivity contribution in [3.05, 3.63) is 59.5 Å². The number of imidazole rings is 1. The molecule has 2 N–H and O–H groups in total. The summed E-state index contributed by atoms with van der Waals surface area (Å²) in [5, 5.41) is 11.1. The van der Waals surface area contributed by atoms with Gasteiger partial charge in [-0.05, 0) is 61.8 Å². The van der Waals surface area contributed by atoms with Crippen molar-refractivity contribution < 1.29 is 27.9 Å². The molecule has 10 heteroatoms. The van der Waals surface area contributed by atoms with Crippen LogP contribution in [0.2, 0.25) is 5.02 Å². The highest BCUT2D eigenvalue weighted by Gasteiger charge is 2.42. The Labute approximate surface area is 192 Å². The third kappa shape index (κ3) is 5.47. The van der Waals surface area contributed by atoms with Crippen LogP contribution in [0, 0.1) is 11.8 Å². The number of alkyl halides is 3. The van der Waals surface area contributed by atoms with E-state index in [0.717, 1.165) is 16.8 Å². The third-order valence-corrected chi connectivity index (χ3v) is 5.88. The molecule has 2 fully saturated rings. The lowest BCUT2D eigenvalue weighted by atomic mass is 10.1. The highest BCUT2D eigenvalue weighted by atomic mass is 35.5. The molecule has 0 spiro atoms.